The van der Waals surface area contributed by atoms with Gasteiger partial charge in [0.15, 0.2) is 5.69 Å². The zero-order valence-corrected chi connectivity index (χ0v) is 12.3. The number of carbonyl (C=O) groups is 1. The largest absolute Gasteiger partial charge is 0.305 e. The maximum absolute atomic E-state index is 12.3. The standard InChI is InChI=1S/C16H15N5O/c1-11-6-8-13(9-7-11)21-12(2)15(19-20-21)16(22)18-14-5-3-4-10-17-14/h3-10H,1-2H3,(H,17,18,22). The fraction of sp³-hybridized carbons (Fsp3) is 0.125. The predicted octanol–water partition coefficient (Wildman–Crippen LogP) is 2.53. The Bertz CT molecular complexity index is 793. The number of nitrogens with zero attached hydrogens (tertiary/aromatic N) is 4. The maximum atomic E-state index is 12.3. The lowest BCUT2D eigenvalue weighted by Gasteiger charge is -2.05. The van der Waals surface area contributed by atoms with Gasteiger partial charge < -0.3 is 5.32 Å². The molecule has 0 saturated heterocycles. The molecule has 0 radical (unpaired) electrons. The number of carbonyl (C=O) groups excluding carboxylic acids is 1. The van der Waals surface area contributed by atoms with Crippen LogP contribution in [0.2, 0.25) is 0 Å². The van der Waals surface area contributed by atoms with Gasteiger partial charge in [-0.15, -0.1) is 5.10 Å². The van der Waals surface area contributed by atoms with Gasteiger partial charge in [-0.25, -0.2) is 9.67 Å². The molecule has 1 N–H and O–H groups in total. The summed E-state index contributed by atoms with van der Waals surface area (Å²) < 4.78 is 1.65. The van der Waals surface area contributed by atoms with Gasteiger partial charge in [0.25, 0.3) is 5.91 Å². The molecule has 0 bridgehead atoms. The first-order valence-corrected chi connectivity index (χ1v) is 6.87. The van der Waals surface area contributed by atoms with E-state index < -0.39 is 0 Å². The number of hydrogen-bond donors (Lipinski definition) is 1. The number of aryl methyl sites for hydroxylation is 1. The Kier molecular flexibility index (Phi) is 3.65. The number of nitrogens with one attached hydrogen (secondary N) is 1. The van der Waals surface area contributed by atoms with Crippen LogP contribution in [0.5, 0.6) is 0 Å². The molecule has 0 saturated carbocycles. The molecule has 0 fully saturated rings. The van der Waals surface area contributed by atoms with Crippen LogP contribution in [0, 0.1) is 13.8 Å². The molecule has 0 aliphatic rings. The Morgan fingerprint density at radius 3 is 2.55 bits per heavy atom. The summed E-state index contributed by atoms with van der Waals surface area (Å²) in [6.45, 7) is 3.83. The number of rotatable bonds is 3. The van der Waals surface area contributed by atoms with Crippen LogP contribution in [0.1, 0.15) is 21.7 Å². The fourth-order valence-electron chi connectivity index (χ4n) is 2.08. The van der Waals surface area contributed by atoms with Crippen molar-refractivity contribution < 1.29 is 4.79 Å². The van der Waals surface area contributed by atoms with Crippen molar-refractivity contribution in [3.63, 3.8) is 0 Å². The molecule has 2 aromatic heterocycles. The van der Waals surface area contributed by atoms with Crippen molar-refractivity contribution in [2.45, 2.75) is 13.8 Å². The molecule has 0 spiro atoms. The van der Waals surface area contributed by atoms with E-state index >= 15 is 0 Å². The fourth-order valence-corrected chi connectivity index (χ4v) is 2.08. The molecule has 0 aliphatic carbocycles. The molecule has 0 aliphatic heterocycles. The van der Waals surface area contributed by atoms with Gasteiger partial charge in [0.05, 0.1) is 11.4 Å². The van der Waals surface area contributed by atoms with E-state index in [0.717, 1.165) is 11.3 Å². The first-order valence-electron chi connectivity index (χ1n) is 6.87. The minimum atomic E-state index is -0.324. The van der Waals surface area contributed by atoms with Crippen LogP contribution in [-0.2, 0) is 0 Å². The van der Waals surface area contributed by atoms with E-state index in [9.17, 15) is 4.79 Å². The summed E-state index contributed by atoms with van der Waals surface area (Å²) in [5, 5.41) is 10.8. The van der Waals surface area contributed by atoms with Crippen molar-refractivity contribution >= 4 is 11.7 Å². The summed E-state index contributed by atoms with van der Waals surface area (Å²) in [6.07, 6.45) is 1.62. The summed E-state index contributed by atoms with van der Waals surface area (Å²) in [5.74, 6) is 0.159. The van der Waals surface area contributed by atoms with Gasteiger partial charge in [0.2, 0.25) is 0 Å². The minimum Gasteiger partial charge on any atom is -0.305 e. The third-order valence-corrected chi connectivity index (χ3v) is 3.29. The topological polar surface area (TPSA) is 72.7 Å². The highest BCUT2D eigenvalue weighted by Crippen LogP contribution is 2.14. The Morgan fingerprint density at radius 2 is 1.86 bits per heavy atom. The predicted molar refractivity (Wildman–Crippen MR) is 83.0 cm³/mol. The molecule has 1 amide bonds. The zero-order chi connectivity index (χ0) is 15.5. The van der Waals surface area contributed by atoms with Crippen LogP contribution in [0.3, 0.4) is 0 Å². The van der Waals surface area contributed by atoms with Crippen LogP contribution >= 0.6 is 0 Å². The Balaban J connectivity index is 1.87. The Morgan fingerprint density at radius 1 is 1.09 bits per heavy atom. The SMILES string of the molecule is Cc1ccc(-n2nnc(C(=O)Nc3ccccn3)c2C)cc1. The third kappa shape index (κ3) is 2.71. The quantitative estimate of drug-likeness (QED) is 0.805. The van der Waals surface area contributed by atoms with Crippen molar-refractivity contribution in [3.8, 4) is 5.69 Å². The van der Waals surface area contributed by atoms with Gasteiger partial charge in [-0.05, 0) is 38.1 Å². The van der Waals surface area contributed by atoms with Gasteiger partial charge in [-0.1, -0.05) is 29.0 Å². The molecule has 6 heteroatoms. The number of aromatic nitrogens is 4. The molecular formula is C16H15N5O. The first kappa shape index (κ1) is 13.9. The molecule has 0 unspecified atom stereocenters. The summed E-state index contributed by atoms with van der Waals surface area (Å²) in [7, 11) is 0. The Labute approximate surface area is 127 Å². The van der Waals surface area contributed by atoms with Crippen molar-refractivity contribution in [2.24, 2.45) is 0 Å². The average Bonchev–Trinajstić information content (AvgIpc) is 2.91. The number of benzene rings is 1. The maximum Gasteiger partial charge on any atom is 0.279 e. The highest BCUT2D eigenvalue weighted by atomic mass is 16.2. The lowest BCUT2D eigenvalue weighted by molar-refractivity contribution is 0.102. The molecule has 6 nitrogen and oxygen atoms in total. The zero-order valence-electron chi connectivity index (χ0n) is 12.3. The minimum absolute atomic E-state index is 0.284. The molecule has 110 valence electrons. The summed E-state index contributed by atoms with van der Waals surface area (Å²) in [5.41, 5.74) is 2.99. The summed E-state index contributed by atoms with van der Waals surface area (Å²) in [4.78, 5) is 16.3. The lowest BCUT2D eigenvalue weighted by Crippen LogP contribution is -2.15. The van der Waals surface area contributed by atoms with Crippen LogP contribution in [0.25, 0.3) is 5.69 Å². The first-order chi connectivity index (χ1) is 10.6. The number of amides is 1. The van der Waals surface area contributed by atoms with E-state index in [1.807, 2.05) is 38.1 Å². The second kappa shape index (κ2) is 5.77. The summed E-state index contributed by atoms with van der Waals surface area (Å²) >= 11 is 0. The van der Waals surface area contributed by atoms with E-state index in [0.29, 0.717) is 11.5 Å². The van der Waals surface area contributed by atoms with E-state index in [-0.39, 0.29) is 11.6 Å². The monoisotopic (exact) mass is 293 g/mol. The van der Waals surface area contributed by atoms with Gasteiger partial charge in [0.1, 0.15) is 5.82 Å². The second-order valence-corrected chi connectivity index (χ2v) is 4.94. The second-order valence-electron chi connectivity index (χ2n) is 4.94. The highest BCUT2D eigenvalue weighted by molar-refractivity contribution is 6.03. The van der Waals surface area contributed by atoms with Crippen molar-refractivity contribution in [1.29, 1.82) is 0 Å². The molecular weight excluding hydrogens is 278 g/mol. The van der Waals surface area contributed by atoms with Gasteiger partial charge >= 0.3 is 0 Å². The van der Waals surface area contributed by atoms with Crippen molar-refractivity contribution in [1.82, 2.24) is 20.0 Å². The lowest BCUT2D eigenvalue weighted by atomic mass is 10.2. The number of anilines is 1. The van der Waals surface area contributed by atoms with Crippen molar-refractivity contribution in [2.75, 3.05) is 5.32 Å². The van der Waals surface area contributed by atoms with Gasteiger partial charge in [-0.2, -0.15) is 0 Å². The van der Waals surface area contributed by atoms with Crippen molar-refractivity contribution in [3.05, 3.63) is 65.6 Å². The van der Waals surface area contributed by atoms with Gasteiger partial charge in [0, 0.05) is 6.20 Å². The molecule has 22 heavy (non-hydrogen) atoms. The molecule has 3 rings (SSSR count). The van der Waals surface area contributed by atoms with E-state index in [2.05, 4.69) is 20.6 Å². The van der Waals surface area contributed by atoms with Crippen LogP contribution in [0.15, 0.2) is 48.7 Å². The normalized spacial score (nSPS) is 10.5. The summed E-state index contributed by atoms with van der Waals surface area (Å²) in [6, 6.07) is 13.2. The molecule has 3 aromatic rings. The molecule has 1 aromatic carbocycles. The average molecular weight is 293 g/mol. The Hall–Kier alpha value is -3.02. The molecule has 2 heterocycles. The third-order valence-electron chi connectivity index (χ3n) is 3.29. The van der Waals surface area contributed by atoms with E-state index in [1.165, 1.54) is 0 Å². The smallest absolute Gasteiger partial charge is 0.279 e. The van der Waals surface area contributed by atoms with Crippen LogP contribution < -0.4 is 5.32 Å². The number of pyridine rings is 1. The highest BCUT2D eigenvalue weighted by Gasteiger charge is 2.17. The number of hydrogen-bond acceptors (Lipinski definition) is 4. The van der Waals surface area contributed by atoms with Gasteiger partial charge in [-0.3, -0.25) is 4.79 Å². The van der Waals surface area contributed by atoms with E-state index in [4.69, 9.17) is 0 Å². The molecule has 0 atom stereocenters. The van der Waals surface area contributed by atoms with Crippen LogP contribution in [-0.4, -0.2) is 25.9 Å². The van der Waals surface area contributed by atoms with E-state index in [1.54, 1.807) is 29.1 Å². The van der Waals surface area contributed by atoms with Crippen LogP contribution in [0.4, 0.5) is 5.82 Å².